The molecule has 1 aromatic carbocycles. The van der Waals surface area contributed by atoms with Gasteiger partial charge >= 0.3 is 0 Å². The van der Waals surface area contributed by atoms with E-state index in [9.17, 15) is 4.21 Å². The molecule has 0 spiro atoms. The lowest BCUT2D eigenvalue weighted by molar-refractivity contribution is 0.550. The number of aryl methyl sites for hydroxylation is 2. The largest absolute Gasteiger partial charge is 0.316 e. The minimum atomic E-state index is -0.857. The molecule has 1 aromatic rings. The Morgan fingerprint density at radius 2 is 2.00 bits per heavy atom. The van der Waals surface area contributed by atoms with Gasteiger partial charge in [-0.3, -0.25) is 4.21 Å². The third kappa shape index (κ3) is 5.32. The summed E-state index contributed by atoms with van der Waals surface area (Å²) in [4.78, 5) is 0.990. The summed E-state index contributed by atoms with van der Waals surface area (Å²) in [6.45, 7) is 10.5. The minimum absolute atomic E-state index is 0.676. The molecule has 0 heterocycles. The highest BCUT2D eigenvalue weighted by atomic mass is 32.2. The van der Waals surface area contributed by atoms with Crippen molar-refractivity contribution in [3.8, 4) is 0 Å². The van der Waals surface area contributed by atoms with Gasteiger partial charge in [0, 0.05) is 10.6 Å². The fourth-order valence-corrected chi connectivity index (χ4v) is 3.15. The van der Waals surface area contributed by atoms with Crippen LogP contribution in [0.5, 0.6) is 0 Å². The maximum absolute atomic E-state index is 12.2. The first kappa shape index (κ1) is 15.4. The van der Waals surface area contributed by atoms with Crippen molar-refractivity contribution in [2.24, 2.45) is 5.92 Å². The molecule has 1 rings (SSSR count). The molecule has 0 aliphatic carbocycles. The number of hydrogen-bond donors (Lipinski definition) is 1. The first-order valence-electron chi connectivity index (χ1n) is 6.67. The summed E-state index contributed by atoms with van der Waals surface area (Å²) in [5, 5.41) is 3.38. The number of hydrogen-bond acceptors (Lipinski definition) is 2. The van der Waals surface area contributed by atoms with Crippen LogP contribution in [0, 0.1) is 19.8 Å². The first-order valence-corrected chi connectivity index (χ1v) is 7.99. The molecule has 0 aliphatic rings. The molecule has 1 atom stereocenters. The van der Waals surface area contributed by atoms with Crippen LogP contribution in [-0.2, 0) is 10.8 Å². The molecule has 0 saturated heterocycles. The van der Waals surface area contributed by atoms with Crippen molar-refractivity contribution in [1.82, 2.24) is 5.32 Å². The molecule has 1 unspecified atom stereocenters. The molecule has 0 aromatic heterocycles. The SMILES string of the molecule is Cc1ccc(S(=O)CCCNCC(C)C)c(C)c1. The predicted molar refractivity (Wildman–Crippen MR) is 79.5 cm³/mol. The van der Waals surface area contributed by atoms with E-state index in [4.69, 9.17) is 0 Å². The Balaban J connectivity index is 2.36. The summed E-state index contributed by atoms with van der Waals surface area (Å²) >= 11 is 0. The quantitative estimate of drug-likeness (QED) is 0.769. The molecule has 0 bridgehead atoms. The molecular formula is C15H25NOS. The standard InChI is InChI=1S/C15H25NOS/c1-12(2)11-16-8-5-9-18(17)15-7-6-13(3)10-14(15)4/h6-7,10,12,16H,5,8-9,11H2,1-4H3. The summed E-state index contributed by atoms with van der Waals surface area (Å²) in [6, 6.07) is 6.14. The normalized spacial score (nSPS) is 12.9. The van der Waals surface area contributed by atoms with E-state index in [0.29, 0.717) is 5.92 Å². The fourth-order valence-electron chi connectivity index (χ4n) is 1.88. The Bertz CT molecular complexity index is 401. The highest BCUT2D eigenvalue weighted by Crippen LogP contribution is 2.15. The monoisotopic (exact) mass is 267 g/mol. The van der Waals surface area contributed by atoms with Gasteiger partial charge in [-0.05, 0) is 50.9 Å². The highest BCUT2D eigenvalue weighted by molar-refractivity contribution is 7.85. The molecule has 102 valence electrons. The van der Waals surface area contributed by atoms with Gasteiger partial charge in [0.25, 0.3) is 0 Å². The maximum atomic E-state index is 12.2. The van der Waals surface area contributed by atoms with E-state index in [0.717, 1.165) is 35.7 Å². The molecular weight excluding hydrogens is 242 g/mol. The smallest absolute Gasteiger partial charge is 0.0532 e. The van der Waals surface area contributed by atoms with Crippen LogP contribution in [0.4, 0.5) is 0 Å². The number of rotatable bonds is 7. The molecule has 18 heavy (non-hydrogen) atoms. The van der Waals surface area contributed by atoms with Crippen LogP contribution in [-0.4, -0.2) is 23.1 Å². The Labute approximate surface area is 114 Å². The summed E-state index contributed by atoms with van der Waals surface area (Å²) < 4.78 is 12.2. The first-order chi connectivity index (χ1) is 8.50. The molecule has 3 heteroatoms. The van der Waals surface area contributed by atoms with Gasteiger partial charge in [-0.2, -0.15) is 0 Å². The topological polar surface area (TPSA) is 29.1 Å². The summed E-state index contributed by atoms with van der Waals surface area (Å²) in [7, 11) is -0.857. The Morgan fingerprint density at radius 3 is 2.61 bits per heavy atom. The van der Waals surface area contributed by atoms with E-state index in [1.54, 1.807) is 0 Å². The molecule has 1 N–H and O–H groups in total. The highest BCUT2D eigenvalue weighted by Gasteiger charge is 2.06. The van der Waals surface area contributed by atoms with Crippen molar-refractivity contribution >= 4 is 10.8 Å². The lowest BCUT2D eigenvalue weighted by atomic mass is 10.2. The van der Waals surface area contributed by atoms with Gasteiger partial charge in [0.1, 0.15) is 0 Å². The van der Waals surface area contributed by atoms with Crippen LogP contribution in [0.3, 0.4) is 0 Å². The zero-order chi connectivity index (χ0) is 13.5. The van der Waals surface area contributed by atoms with Crippen LogP contribution in [0.15, 0.2) is 23.1 Å². The van der Waals surface area contributed by atoms with Gasteiger partial charge in [-0.15, -0.1) is 0 Å². The third-order valence-electron chi connectivity index (χ3n) is 2.81. The summed E-state index contributed by atoms with van der Waals surface area (Å²) in [5.74, 6) is 1.42. The molecule has 0 saturated carbocycles. The van der Waals surface area contributed by atoms with Crippen LogP contribution >= 0.6 is 0 Å². The van der Waals surface area contributed by atoms with Crippen LogP contribution < -0.4 is 5.32 Å². The zero-order valence-electron chi connectivity index (χ0n) is 12.0. The molecule has 0 amide bonds. The fraction of sp³-hybridized carbons (Fsp3) is 0.600. The van der Waals surface area contributed by atoms with Gasteiger partial charge in [0.15, 0.2) is 0 Å². The average Bonchev–Trinajstić information content (AvgIpc) is 2.27. The van der Waals surface area contributed by atoms with Crippen molar-refractivity contribution in [3.05, 3.63) is 29.3 Å². The van der Waals surface area contributed by atoms with Crippen molar-refractivity contribution in [2.45, 2.75) is 39.0 Å². The minimum Gasteiger partial charge on any atom is -0.316 e. The van der Waals surface area contributed by atoms with Gasteiger partial charge in [-0.1, -0.05) is 31.5 Å². The average molecular weight is 267 g/mol. The number of nitrogens with one attached hydrogen (secondary N) is 1. The zero-order valence-corrected chi connectivity index (χ0v) is 12.8. The van der Waals surface area contributed by atoms with Crippen molar-refractivity contribution in [3.63, 3.8) is 0 Å². The van der Waals surface area contributed by atoms with Gasteiger partial charge in [0.05, 0.1) is 10.8 Å². The third-order valence-corrected chi connectivity index (χ3v) is 4.42. The lowest BCUT2D eigenvalue weighted by Crippen LogP contribution is -2.22. The Kier molecular flexibility index (Phi) is 6.58. The summed E-state index contributed by atoms with van der Waals surface area (Å²) in [5.41, 5.74) is 2.37. The van der Waals surface area contributed by atoms with Crippen molar-refractivity contribution in [1.29, 1.82) is 0 Å². The van der Waals surface area contributed by atoms with E-state index in [-0.39, 0.29) is 0 Å². The second-order valence-electron chi connectivity index (χ2n) is 5.27. The Morgan fingerprint density at radius 1 is 1.28 bits per heavy atom. The van der Waals surface area contributed by atoms with Crippen LogP contribution in [0.2, 0.25) is 0 Å². The molecule has 0 fully saturated rings. The second kappa shape index (κ2) is 7.70. The molecule has 2 nitrogen and oxygen atoms in total. The van der Waals surface area contributed by atoms with Crippen molar-refractivity contribution < 1.29 is 4.21 Å². The van der Waals surface area contributed by atoms with Gasteiger partial charge < -0.3 is 5.32 Å². The van der Waals surface area contributed by atoms with E-state index in [1.165, 1.54) is 5.56 Å². The van der Waals surface area contributed by atoms with Crippen molar-refractivity contribution in [2.75, 3.05) is 18.8 Å². The van der Waals surface area contributed by atoms with Gasteiger partial charge in [-0.25, -0.2) is 0 Å². The van der Waals surface area contributed by atoms with E-state index in [1.807, 2.05) is 19.1 Å². The van der Waals surface area contributed by atoms with Crippen LogP contribution in [0.1, 0.15) is 31.4 Å². The Hall–Kier alpha value is -0.670. The number of benzene rings is 1. The van der Waals surface area contributed by atoms with E-state index in [2.05, 4.69) is 32.2 Å². The molecule has 0 radical (unpaired) electrons. The van der Waals surface area contributed by atoms with Crippen LogP contribution in [0.25, 0.3) is 0 Å². The van der Waals surface area contributed by atoms with E-state index >= 15 is 0 Å². The van der Waals surface area contributed by atoms with E-state index < -0.39 is 10.8 Å². The molecule has 0 aliphatic heterocycles. The maximum Gasteiger partial charge on any atom is 0.0532 e. The second-order valence-corrected chi connectivity index (χ2v) is 6.81. The lowest BCUT2D eigenvalue weighted by Gasteiger charge is -2.09. The summed E-state index contributed by atoms with van der Waals surface area (Å²) in [6.07, 6.45) is 0.965. The van der Waals surface area contributed by atoms with Gasteiger partial charge in [0.2, 0.25) is 0 Å². The predicted octanol–water partition coefficient (Wildman–Crippen LogP) is 3.05.